The van der Waals surface area contributed by atoms with Crippen molar-refractivity contribution in [1.82, 2.24) is 15.2 Å². The summed E-state index contributed by atoms with van der Waals surface area (Å²) in [5, 5.41) is 4.24. The van der Waals surface area contributed by atoms with E-state index in [0.717, 1.165) is 47.2 Å². The number of nitrogens with one attached hydrogen (secondary N) is 1. The molecule has 1 atom stereocenters. The first-order valence-electron chi connectivity index (χ1n) is 9.60. The van der Waals surface area contributed by atoms with E-state index < -0.39 is 0 Å². The molecule has 3 rings (SSSR count). The van der Waals surface area contributed by atoms with Crippen molar-refractivity contribution in [2.45, 2.75) is 52.5 Å². The van der Waals surface area contributed by atoms with Crippen LogP contribution in [0, 0.1) is 13.8 Å². The maximum atomic E-state index is 12.7. The molecule has 0 radical (unpaired) electrons. The van der Waals surface area contributed by atoms with Gasteiger partial charge in [-0.15, -0.1) is 11.3 Å². The van der Waals surface area contributed by atoms with E-state index in [4.69, 9.17) is 0 Å². The first-order chi connectivity index (χ1) is 12.5. The SMILES string of the molecule is CC[C@H](CN1CCCC1)NC(=O)Cc1sc(C)nc1-c1ccc(C)cc1. The summed E-state index contributed by atoms with van der Waals surface area (Å²) in [6.45, 7) is 9.53. The first-order valence-corrected chi connectivity index (χ1v) is 10.4. The fourth-order valence-corrected chi connectivity index (χ4v) is 4.46. The predicted octanol–water partition coefficient (Wildman–Crippen LogP) is 3.96. The molecule has 1 aromatic carbocycles. The number of aromatic nitrogens is 1. The van der Waals surface area contributed by atoms with Gasteiger partial charge in [0, 0.05) is 23.0 Å². The monoisotopic (exact) mass is 371 g/mol. The normalized spacial score (nSPS) is 16.0. The highest BCUT2D eigenvalue weighted by Crippen LogP contribution is 2.28. The average molecular weight is 372 g/mol. The number of amides is 1. The Kier molecular flexibility index (Phi) is 6.43. The summed E-state index contributed by atoms with van der Waals surface area (Å²) in [5.41, 5.74) is 3.27. The summed E-state index contributed by atoms with van der Waals surface area (Å²) in [6, 6.07) is 8.60. The highest BCUT2D eigenvalue weighted by Gasteiger charge is 2.20. The molecule has 1 aliphatic heterocycles. The van der Waals surface area contributed by atoms with Crippen LogP contribution in [0.3, 0.4) is 0 Å². The van der Waals surface area contributed by atoms with E-state index in [1.807, 2.05) is 6.92 Å². The van der Waals surface area contributed by atoms with Crippen molar-refractivity contribution in [3.05, 3.63) is 39.7 Å². The fourth-order valence-electron chi connectivity index (χ4n) is 3.50. The van der Waals surface area contributed by atoms with Gasteiger partial charge in [-0.05, 0) is 46.2 Å². The van der Waals surface area contributed by atoms with Gasteiger partial charge in [0.05, 0.1) is 17.1 Å². The third kappa shape index (κ3) is 4.92. The molecule has 1 fully saturated rings. The summed E-state index contributed by atoms with van der Waals surface area (Å²) in [4.78, 5) is 20.8. The van der Waals surface area contributed by atoms with Crippen LogP contribution in [0.2, 0.25) is 0 Å². The van der Waals surface area contributed by atoms with Gasteiger partial charge in [0.25, 0.3) is 0 Å². The van der Waals surface area contributed by atoms with Crippen molar-refractivity contribution in [3.8, 4) is 11.3 Å². The largest absolute Gasteiger partial charge is 0.352 e. The molecular weight excluding hydrogens is 342 g/mol. The lowest BCUT2D eigenvalue weighted by molar-refractivity contribution is -0.121. The van der Waals surface area contributed by atoms with Crippen molar-refractivity contribution in [3.63, 3.8) is 0 Å². The van der Waals surface area contributed by atoms with Crippen molar-refractivity contribution in [2.24, 2.45) is 0 Å². The smallest absolute Gasteiger partial charge is 0.225 e. The maximum Gasteiger partial charge on any atom is 0.225 e. The van der Waals surface area contributed by atoms with Crippen LogP contribution in [0.4, 0.5) is 0 Å². The minimum atomic E-state index is 0.105. The summed E-state index contributed by atoms with van der Waals surface area (Å²) < 4.78 is 0. The second kappa shape index (κ2) is 8.78. The topological polar surface area (TPSA) is 45.2 Å². The van der Waals surface area contributed by atoms with E-state index >= 15 is 0 Å². The van der Waals surface area contributed by atoms with Gasteiger partial charge >= 0.3 is 0 Å². The number of benzene rings is 1. The standard InChI is InChI=1S/C21H29N3OS/c1-4-18(14-24-11-5-6-12-24)23-20(25)13-19-21(22-16(3)26-19)17-9-7-15(2)8-10-17/h7-10,18H,4-6,11-14H2,1-3H3,(H,23,25)/t18-/m1/s1. The molecule has 0 saturated carbocycles. The Morgan fingerprint density at radius 2 is 1.92 bits per heavy atom. The number of likely N-dealkylation sites (tertiary alicyclic amines) is 1. The highest BCUT2D eigenvalue weighted by atomic mass is 32.1. The molecule has 2 aromatic rings. The highest BCUT2D eigenvalue weighted by molar-refractivity contribution is 7.12. The first kappa shape index (κ1) is 19.1. The molecule has 1 amide bonds. The second-order valence-corrected chi connectivity index (χ2v) is 8.52. The second-order valence-electron chi connectivity index (χ2n) is 7.23. The van der Waals surface area contributed by atoms with Gasteiger partial charge in [0.15, 0.2) is 0 Å². The lowest BCUT2D eigenvalue weighted by Gasteiger charge is -2.23. The van der Waals surface area contributed by atoms with Gasteiger partial charge in [0.1, 0.15) is 0 Å². The Morgan fingerprint density at radius 3 is 2.58 bits per heavy atom. The van der Waals surface area contributed by atoms with Gasteiger partial charge in [0.2, 0.25) is 5.91 Å². The molecule has 0 bridgehead atoms. The number of hydrogen-bond donors (Lipinski definition) is 1. The zero-order chi connectivity index (χ0) is 18.5. The van der Waals surface area contributed by atoms with Crippen molar-refractivity contribution in [2.75, 3.05) is 19.6 Å². The zero-order valence-corrected chi connectivity index (χ0v) is 16.9. The molecule has 0 aliphatic carbocycles. The Balaban J connectivity index is 1.66. The predicted molar refractivity (Wildman–Crippen MR) is 109 cm³/mol. The number of carbonyl (C=O) groups is 1. The molecule has 1 aromatic heterocycles. The van der Waals surface area contributed by atoms with Crippen LogP contribution in [0.15, 0.2) is 24.3 Å². The summed E-state index contributed by atoms with van der Waals surface area (Å²) in [7, 11) is 0. The van der Waals surface area contributed by atoms with Crippen LogP contribution in [0.5, 0.6) is 0 Å². The van der Waals surface area contributed by atoms with E-state index in [-0.39, 0.29) is 11.9 Å². The molecule has 1 saturated heterocycles. The van der Waals surface area contributed by atoms with Gasteiger partial charge in [-0.3, -0.25) is 4.79 Å². The number of carbonyl (C=O) groups excluding carboxylic acids is 1. The molecule has 0 spiro atoms. The Morgan fingerprint density at radius 1 is 1.23 bits per heavy atom. The minimum absolute atomic E-state index is 0.105. The van der Waals surface area contributed by atoms with E-state index in [1.54, 1.807) is 11.3 Å². The lowest BCUT2D eigenvalue weighted by Crippen LogP contribution is -2.43. The summed E-state index contributed by atoms with van der Waals surface area (Å²) in [5.74, 6) is 0.105. The van der Waals surface area contributed by atoms with Crippen molar-refractivity contribution in [1.29, 1.82) is 0 Å². The molecule has 26 heavy (non-hydrogen) atoms. The number of hydrogen-bond acceptors (Lipinski definition) is 4. The molecular formula is C21H29N3OS. The molecule has 0 unspecified atom stereocenters. The van der Waals surface area contributed by atoms with Gasteiger partial charge in [-0.25, -0.2) is 4.98 Å². The van der Waals surface area contributed by atoms with Crippen LogP contribution in [-0.4, -0.2) is 41.5 Å². The van der Waals surface area contributed by atoms with Gasteiger partial charge in [-0.1, -0.05) is 36.8 Å². The average Bonchev–Trinajstić information content (AvgIpc) is 3.24. The lowest BCUT2D eigenvalue weighted by atomic mass is 10.1. The zero-order valence-electron chi connectivity index (χ0n) is 16.0. The van der Waals surface area contributed by atoms with Gasteiger partial charge in [-0.2, -0.15) is 0 Å². The number of rotatable bonds is 7. The third-order valence-corrected chi connectivity index (χ3v) is 5.96. The Bertz CT molecular complexity index is 732. The number of aryl methyl sites for hydroxylation is 2. The van der Waals surface area contributed by atoms with Crippen molar-refractivity contribution >= 4 is 17.2 Å². The van der Waals surface area contributed by atoms with Crippen LogP contribution in [0.1, 0.15) is 41.6 Å². The molecule has 4 nitrogen and oxygen atoms in total. The molecule has 1 N–H and O–H groups in total. The molecule has 1 aliphatic rings. The molecule has 5 heteroatoms. The van der Waals surface area contributed by atoms with Crippen LogP contribution < -0.4 is 5.32 Å². The summed E-state index contributed by atoms with van der Waals surface area (Å²) in [6.07, 6.45) is 3.94. The fraction of sp³-hybridized carbons (Fsp3) is 0.524. The summed E-state index contributed by atoms with van der Waals surface area (Å²) >= 11 is 1.63. The van der Waals surface area contributed by atoms with E-state index in [1.165, 1.54) is 18.4 Å². The quantitative estimate of drug-likeness (QED) is 0.801. The Labute approximate surface area is 160 Å². The van der Waals surface area contributed by atoms with Crippen molar-refractivity contribution < 1.29 is 4.79 Å². The van der Waals surface area contributed by atoms with Crippen LogP contribution in [-0.2, 0) is 11.2 Å². The van der Waals surface area contributed by atoms with E-state index in [9.17, 15) is 4.79 Å². The molecule has 140 valence electrons. The maximum absolute atomic E-state index is 12.7. The van der Waals surface area contributed by atoms with E-state index in [2.05, 4.69) is 53.3 Å². The van der Waals surface area contributed by atoms with Gasteiger partial charge < -0.3 is 10.2 Å². The van der Waals surface area contributed by atoms with Crippen LogP contribution >= 0.6 is 11.3 Å². The Hall–Kier alpha value is -1.72. The van der Waals surface area contributed by atoms with Crippen LogP contribution in [0.25, 0.3) is 11.3 Å². The third-order valence-electron chi connectivity index (χ3n) is 4.99. The minimum Gasteiger partial charge on any atom is -0.352 e. The number of nitrogens with zero attached hydrogens (tertiary/aromatic N) is 2. The number of thiazole rings is 1. The van der Waals surface area contributed by atoms with E-state index in [0.29, 0.717) is 6.42 Å². The molecule has 2 heterocycles.